The van der Waals surface area contributed by atoms with E-state index < -0.39 is 0 Å². The van der Waals surface area contributed by atoms with E-state index in [0.29, 0.717) is 9.50 Å². The molecule has 0 fully saturated rings. The predicted octanol–water partition coefficient (Wildman–Crippen LogP) is 3.40. The lowest BCUT2D eigenvalue weighted by molar-refractivity contribution is 0.520. The molecule has 0 bridgehead atoms. The second-order valence-electron chi connectivity index (χ2n) is 4.37. The van der Waals surface area contributed by atoms with Gasteiger partial charge in [0.2, 0.25) is 0 Å². The van der Waals surface area contributed by atoms with E-state index in [1.807, 2.05) is 4.68 Å². The Morgan fingerprint density at radius 1 is 1.55 bits per heavy atom. The number of halogens is 3. The number of nitrogens with zero attached hydrogens (tertiary/aromatic N) is 2. The van der Waals surface area contributed by atoms with Crippen molar-refractivity contribution in [3.8, 4) is 0 Å². The zero-order valence-electron chi connectivity index (χ0n) is 10.9. The second-order valence-corrected chi connectivity index (χ2v) is 5.64. The Morgan fingerprint density at radius 3 is 2.90 bits per heavy atom. The summed E-state index contributed by atoms with van der Waals surface area (Å²) >= 11 is 9.39. The van der Waals surface area contributed by atoms with Crippen LogP contribution < -0.4 is 11.3 Å². The predicted molar refractivity (Wildman–Crippen MR) is 80.8 cm³/mol. The largest absolute Gasteiger partial charge is 0.271 e. The second kappa shape index (κ2) is 6.67. The average molecular weight is 362 g/mol. The first-order chi connectivity index (χ1) is 9.58. The van der Waals surface area contributed by atoms with Gasteiger partial charge in [0.25, 0.3) is 0 Å². The minimum Gasteiger partial charge on any atom is -0.271 e. The fourth-order valence-corrected chi connectivity index (χ4v) is 2.72. The van der Waals surface area contributed by atoms with Crippen LogP contribution in [0.3, 0.4) is 0 Å². The quantitative estimate of drug-likeness (QED) is 0.634. The van der Waals surface area contributed by atoms with E-state index in [9.17, 15) is 4.39 Å². The van der Waals surface area contributed by atoms with E-state index in [0.717, 1.165) is 24.2 Å². The number of nitrogens with one attached hydrogen (secondary N) is 1. The van der Waals surface area contributed by atoms with Crippen molar-refractivity contribution in [1.29, 1.82) is 0 Å². The molecule has 0 spiro atoms. The third-order valence-corrected chi connectivity index (χ3v) is 3.88. The van der Waals surface area contributed by atoms with E-state index >= 15 is 0 Å². The number of benzene rings is 1. The van der Waals surface area contributed by atoms with Crippen LogP contribution in [0.4, 0.5) is 4.39 Å². The smallest absolute Gasteiger partial charge is 0.137 e. The molecule has 7 heteroatoms. The molecule has 4 nitrogen and oxygen atoms in total. The summed E-state index contributed by atoms with van der Waals surface area (Å²) in [5, 5.41) is 4.77. The highest BCUT2D eigenvalue weighted by Crippen LogP contribution is 2.30. The Bertz CT molecular complexity index is 602. The van der Waals surface area contributed by atoms with Crippen LogP contribution in [0.1, 0.15) is 30.6 Å². The summed E-state index contributed by atoms with van der Waals surface area (Å²) in [7, 11) is 0. The highest BCUT2D eigenvalue weighted by molar-refractivity contribution is 9.10. The molecule has 1 aromatic heterocycles. The van der Waals surface area contributed by atoms with Gasteiger partial charge < -0.3 is 0 Å². The summed E-state index contributed by atoms with van der Waals surface area (Å²) in [5.41, 5.74) is 4.30. The van der Waals surface area contributed by atoms with E-state index in [1.165, 1.54) is 6.07 Å². The van der Waals surface area contributed by atoms with Crippen molar-refractivity contribution in [2.45, 2.75) is 25.9 Å². The SMILES string of the molecule is CCCn1ncc(Cl)c1C(NN)c1ccc(F)c(Br)c1. The van der Waals surface area contributed by atoms with Gasteiger partial charge >= 0.3 is 0 Å². The zero-order valence-corrected chi connectivity index (χ0v) is 13.2. The standard InChI is InChI=1S/C13H15BrClFN4/c1-2-5-20-13(10(15)7-18-20)12(19-17)8-3-4-11(16)9(14)6-8/h3-4,6-7,12,19H,2,5,17H2,1H3. The minimum atomic E-state index is -0.353. The Labute approximate surface area is 130 Å². The fraction of sp³-hybridized carbons (Fsp3) is 0.308. The first-order valence-corrected chi connectivity index (χ1v) is 7.37. The molecule has 108 valence electrons. The van der Waals surface area contributed by atoms with Crippen LogP contribution in [-0.2, 0) is 6.54 Å². The molecule has 0 aliphatic rings. The van der Waals surface area contributed by atoms with Gasteiger partial charge in [-0.1, -0.05) is 24.6 Å². The Morgan fingerprint density at radius 2 is 2.30 bits per heavy atom. The van der Waals surface area contributed by atoms with Crippen molar-refractivity contribution in [1.82, 2.24) is 15.2 Å². The maximum absolute atomic E-state index is 13.3. The van der Waals surface area contributed by atoms with Gasteiger partial charge in [-0.05, 0) is 40.0 Å². The number of aromatic nitrogens is 2. The topological polar surface area (TPSA) is 55.9 Å². The Balaban J connectivity index is 2.46. The molecule has 0 amide bonds. The van der Waals surface area contributed by atoms with Gasteiger partial charge in [-0.15, -0.1) is 0 Å². The van der Waals surface area contributed by atoms with Crippen molar-refractivity contribution >= 4 is 27.5 Å². The van der Waals surface area contributed by atoms with E-state index in [-0.39, 0.29) is 11.9 Å². The average Bonchev–Trinajstić information content (AvgIpc) is 2.77. The van der Waals surface area contributed by atoms with Crippen molar-refractivity contribution in [2.24, 2.45) is 5.84 Å². The summed E-state index contributed by atoms with van der Waals surface area (Å²) in [4.78, 5) is 0. The number of hydrazine groups is 1. The number of rotatable bonds is 5. The molecule has 0 saturated heterocycles. The molecule has 1 heterocycles. The molecule has 20 heavy (non-hydrogen) atoms. The molecule has 0 radical (unpaired) electrons. The number of nitrogens with two attached hydrogens (primary N) is 1. The number of aryl methyl sites for hydroxylation is 1. The van der Waals surface area contributed by atoms with E-state index in [1.54, 1.807) is 18.3 Å². The third kappa shape index (κ3) is 3.03. The normalized spacial score (nSPS) is 12.7. The Kier molecular flexibility index (Phi) is 5.15. The van der Waals surface area contributed by atoms with Crippen molar-refractivity contribution in [2.75, 3.05) is 0 Å². The highest BCUT2D eigenvalue weighted by Gasteiger charge is 2.21. The van der Waals surface area contributed by atoms with Gasteiger partial charge in [0, 0.05) is 6.54 Å². The van der Waals surface area contributed by atoms with Crippen LogP contribution in [-0.4, -0.2) is 9.78 Å². The molecule has 1 aromatic carbocycles. The maximum atomic E-state index is 13.3. The van der Waals surface area contributed by atoms with Crippen LogP contribution in [0, 0.1) is 5.82 Å². The third-order valence-electron chi connectivity index (χ3n) is 2.99. The minimum absolute atomic E-state index is 0.322. The van der Waals surface area contributed by atoms with Crippen LogP contribution in [0.5, 0.6) is 0 Å². The van der Waals surface area contributed by atoms with Gasteiger partial charge in [-0.3, -0.25) is 10.5 Å². The fourth-order valence-electron chi connectivity index (χ4n) is 2.07. The van der Waals surface area contributed by atoms with Gasteiger partial charge in [0.15, 0.2) is 0 Å². The highest BCUT2D eigenvalue weighted by atomic mass is 79.9. The molecule has 3 N–H and O–H groups in total. The lowest BCUT2D eigenvalue weighted by Gasteiger charge is -2.19. The molecule has 1 atom stereocenters. The monoisotopic (exact) mass is 360 g/mol. The van der Waals surface area contributed by atoms with Crippen LogP contribution in [0.2, 0.25) is 5.02 Å². The molecule has 0 aliphatic heterocycles. The first kappa shape index (κ1) is 15.4. The number of hydrogen-bond donors (Lipinski definition) is 2. The van der Waals surface area contributed by atoms with Crippen molar-refractivity contribution < 1.29 is 4.39 Å². The van der Waals surface area contributed by atoms with Crippen molar-refractivity contribution in [3.63, 3.8) is 0 Å². The van der Waals surface area contributed by atoms with Crippen LogP contribution in [0.25, 0.3) is 0 Å². The summed E-state index contributed by atoms with van der Waals surface area (Å²) in [5.74, 6) is 5.34. The Hall–Kier alpha value is -0.950. The molecular weight excluding hydrogens is 347 g/mol. The molecule has 0 saturated carbocycles. The maximum Gasteiger partial charge on any atom is 0.137 e. The summed E-state index contributed by atoms with van der Waals surface area (Å²) in [6.45, 7) is 2.79. The molecule has 2 aromatic rings. The van der Waals surface area contributed by atoms with Gasteiger partial charge in [0.1, 0.15) is 5.82 Å². The van der Waals surface area contributed by atoms with E-state index in [2.05, 4.69) is 33.4 Å². The van der Waals surface area contributed by atoms with Crippen LogP contribution >= 0.6 is 27.5 Å². The summed E-state index contributed by atoms with van der Waals surface area (Å²) < 4.78 is 15.5. The zero-order chi connectivity index (χ0) is 14.7. The molecule has 0 aliphatic carbocycles. The molecular formula is C13H15BrClFN4. The lowest BCUT2D eigenvalue weighted by Crippen LogP contribution is -2.31. The molecule has 2 rings (SSSR count). The summed E-state index contributed by atoms with van der Waals surface area (Å²) in [6, 6.07) is 4.38. The van der Waals surface area contributed by atoms with Gasteiger partial charge in [0.05, 0.1) is 27.4 Å². The van der Waals surface area contributed by atoms with Crippen molar-refractivity contribution in [3.05, 3.63) is 51.0 Å². The van der Waals surface area contributed by atoms with Gasteiger partial charge in [-0.25, -0.2) is 9.82 Å². The first-order valence-electron chi connectivity index (χ1n) is 6.20. The molecule has 1 unspecified atom stereocenters. The van der Waals surface area contributed by atoms with E-state index in [4.69, 9.17) is 17.4 Å². The van der Waals surface area contributed by atoms with Crippen LogP contribution in [0.15, 0.2) is 28.9 Å². The number of hydrogen-bond acceptors (Lipinski definition) is 3. The lowest BCUT2D eigenvalue weighted by atomic mass is 10.0. The van der Waals surface area contributed by atoms with Gasteiger partial charge in [-0.2, -0.15) is 5.10 Å². The summed E-state index contributed by atoms with van der Waals surface area (Å²) in [6.07, 6.45) is 2.52.